The molecule has 0 N–H and O–H groups in total. The predicted octanol–water partition coefficient (Wildman–Crippen LogP) is 3.39. The van der Waals surface area contributed by atoms with E-state index in [2.05, 4.69) is 6.92 Å². The Morgan fingerprint density at radius 2 is 1.90 bits per heavy atom. The summed E-state index contributed by atoms with van der Waals surface area (Å²) in [5, 5.41) is 0. The van der Waals surface area contributed by atoms with Crippen LogP contribution in [-0.4, -0.2) is 25.5 Å². The van der Waals surface area contributed by atoms with Gasteiger partial charge in [0, 0.05) is 6.92 Å². The normalized spacial score (nSPS) is 18.4. The van der Waals surface area contributed by atoms with Gasteiger partial charge < -0.3 is 14.2 Å². The molecule has 0 bridgehead atoms. The molecular weight excluding hydrogens is 268 g/mol. The van der Waals surface area contributed by atoms with Crippen molar-refractivity contribution < 1.29 is 19.0 Å². The molecule has 1 aliphatic heterocycles. The molecule has 0 radical (unpaired) electrons. The van der Waals surface area contributed by atoms with Gasteiger partial charge in [0.1, 0.15) is 6.10 Å². The number of rotatable bonds is 6. The zero-order chi connectivity index (χ0) is 15.2. The van der Waals surface area contributed by atoms with Gasteiger partial charge >= 0.3 is 5.97 Å². The van der Waals surface area contributed by atoms with Crippen LogP contribution in [-0.2, 0) is 19.0 Å². The average Bonchev–Trinajstić information content (AvgIpc) is 2.96. The van der Waals surface area contributed by atoms with Crippen LogP contribution in [0.4, 0.5) is 0 Å². The fraction of sp³-hybridized carbons (Fsp3) is 0.588. The molecule has 0 saturated carbocycles. The molecule has 4 heteroatoms. The van der Waals surface area contributed by atoms with Gasteiger partial charge in [0.05, 0.1) is 13.2 Å². The lowest BCUT2D eigenvalue weighted by Gasteiger charge is -2.25. The van der Waals surface area contributed by atoms with Crippen molar-refractivity contribution >= 4 is 5.97 Å². The van der Waals surface area contributed by atoms with Crippen LogP contribution >= 0.6 is 0 Å². The Bertz CT molecular complexity index is 448. The molecule has 1 aliphatic rings. The first-order valence-corrected chi connectivity index (χ1v) is 7.53. The summed E-state index contributed by atoms with van der Waals surface area (Å²) < 4.78 is 16.4. The van der Waals surface area contributed by atoms with Crippen molar-refractivity contribution in [2.24, 2.45) is 5.92 Å². The maximum atomic E-state index is 11.4. The van der Waals surface area contributed by atoms with Gasteiger partial charge in [-0.25, -0.2) is 0 Å². The second-order valence-corrected chi connectivity index (χ2v) is 5.67. The minimum absolute atomic E-state index is 0.108. The van der Waals surface area contributed by atoms with E-state index in [9.17, 15) is 4.79 Å². The fourth-order valence-corrected chi connectivity index (χ4v) is 2.57. The van der Waals surface area contributed by atoms with Gasteiger partial charge in [-0.05, 0) is 31.2 Å². The van der Waals surface area contributed by atoms with Crippen molar-refractivity contribution in [3.8, 4) is 0 Å². The van der Waals surface area contributed by atoms with Crippen LogP contribution < -0.4 is 0 Å². The second-order valence-electron chi connectivity index (χ2n) is 5.67. The SMILES string of the molecule is CC(=O)OC(c1ccc(C)cc1)C(C)CCC1OCCO1. The van der Waals surface area contributed by atoms with Crippen molar-refractivity contribution in [1.29, 1.82) is 0 Å². The maximum absolute atomic E-state index is 11.4. The lowest BCUT2D eigenvalue weighted by atomic mass is 9.92. The highest BCUT2D eigenvalue weighted by molar-refractivity contribution is 5.66. The highest BCUT2D eigenvalue weighted by Crippen LogP contribution is 2.30. The highest BCUT2D eigenvalue weighted by Gasteiger charge is 2.24. The molecular formula is C17H24O4. The molecule has 1 fully saturated rings. The summed E-state index contributed by atoms with van der Waals surface area (Å²) >= 11 is 0. The third-order valence-electron chi connectivity index (χ3n) is 3.76. The van der Waals surface area contributed by atoms with Gasteiger partial charge in [-0.3, -0.25) is 4.79 Å². The Morgan fingerprint density at radius 3 is 2.48 bits per heavy atom. The van der Waals surface area contributed by atoms with Crippen LogP contribution in [0.1, 0.15) is 43.9 Å². The first kappa shape index (κ1) is 16.0. The maximum Gasteiger partial charge on any atom is 0.303 e. The molecule has 1 saturated heterocycles. The predicted molar refractivity (Wildman–Crippen MR) is 79.8 cm³/mol. The quantitative estimate of drug-likeness (QED) is 0.754. The molecule has 0 aliphatic carbocycles. The van der Waals surface area contributed by atoms with E-state index in [1.807, 2.05) is 31.2 Å². The van der Waals surface area contributed by atoms with Gasteiger partial charge in [-0.1, -0.05) is 36.8 Å². The molecule has 1 heterocycles. The first-order chi connectivity index (χ1) is 10.1. The zero-order valence-electron chi connectivity index (χ0n) is 13.0. The molecule has 1 aromatic rings. The van der Waals surface area contributed by atoms with Crippen LogP contribution in [0, 0.1) is 12.8 Å². The van der Waals surface area contributed by atoms with Gasteiger partial charge in [0.2, 0.25) is 0 Å². The number of hydrogen-bond donors (Lipinski definition) is 0. The van der Waals surface area contributed by atoms with Crippen LogP contribution in [0.3, 0.4) is 0 Å². The molecule has 0 amide bonds. The number of carbonyl (C=O) groups excluding carboxylic acids is 1. The molecule has 4 nitrogen and oxygen atoms in total. The molecule has 0 spiro atoms. The standard InChI is InChI=1S/C17H24O4/c1-12-4-7-15(8-5-12)17(21-14(3)18)13(2)6-9-16-19-10-11-20-16/h4-5,7-8,13,16-17H,6,9-11H2,1-3H3. The highest BCUT2D eigenvalue weighted by atomic mass is 16.7. The van der Waals surface area contributed by atoms with E-state index in [-0.39, 0.29) is 24.3 Å². The Kier molecular flexibility index (Phi) is 5.76. The van der Waals surface area contributed by atoms with E-state index in [1.165, 1.54) is 12.5 Å². The third-order valence-corrected chi connectivity index (χ3v) is 3.76. The van der Waals surface area contributed by atoms with Gasteiger partial charge in [-0.2, -0.15) is 0 Å². The summed E-state index contributed by atoms with van der Waals surface area (Å²) in [6.07, 6.45) is 1.38. The van der Waals surface area contributed by atoms with Crippen LogP contribution in [0.25, 0.3) is 0 Å². The minimum Gasteiger partial charge on any atom is -0.457 e. The molecule has 116 valence electrons. The first-order valence-electron chi connectivity index (χ1n) is 7.53. The summed E-state index contributed by atoms with van der Waals surface area (Å²) in [7, 11) is 0. The lowest BCUT2D eigenvalue weighted by molar-refractivity contribution is -0.149. The molecule has 2 atom stereocenters. The Morgan fingerprint density at radius 1 is 1.29 bits per heavy atom. The number of carbonyl (C=O) groups is 1. The van der Waals surface area contributed by atoms with Crippen molar-refractivity contribution in [3.63, 3.8) is 0 Å². The van der Waals surface area contributed by atoms with Gasteiger partial charge in [-0.15, -0.1) is 0 Å². The Labute approximate surface area is 126 Å². The van der Waals surface area contributed by atoms with E-state index < -0.39 is 0 Å². The van der Waals surface area contributed by atoms with E-state index in [0.717, 1.165) is 18.4 Å². The smallest absolute Gasteiger partial charge is 0.303 e. The lowest BCUT2D eigenvalue weighted by Crippen LogP contribution is -2.18. The van der Waals surface area contributed by atoms with Crippen molar-refractivity contribution in [2.75, 3.05) is 13.2 Å². The average molecular weight is 292 g/mol. The molecule has 21 heavy (non-hydrogen) atoms. The summed E-state index contributed by atoms with van der Waals surface area (Å²) in [6.45, 7) is 6.94. The number of hydrogen-bond acceptors (Lipinski definition) is 4. The van der Waals surface area contributed by atoms with Gasteiger partial charge in [0.15, 0.2) is 6.29 Å². The summed E-state index contributed by atoms with van der Waals surface area (Å²) in [6, 6.07) is 8.15. The van der Waals surface area contributed by atoms with Gasteiger partial charge in [0.25, 0.3) is 0 Å². The fourth-order valence-electron chi connectivity index (χ4n) is 2.57. The number of benzene rings is 1. The van der Waals surface area contributed by atoms with E-state index in [0.29, 0.717) is 13.2 Å². The zero-order valence-corrected chi connectivity index (χ0v) is 13.0. The molecule has 0 aromatic heterocycles. The van der Waals surface area contributed by atoms with Crippen molar-refractivity contribution in [1.82, 2.24) is 0 Å². The largest absolute Gasteiger partial charge is 0.457 e. The summed E-state index contributed by atoms with van der Waals surface area (Å²) in [5.41, 5.74) is 2.23. The molecule has 1 aromatic carbocycles. The second kappa shape index (κ2) is 7.57. The number of aryl methyl sites for hydroxylation is 1. The number of ether oxygens (including phenoxy) is 3. The summed E-state index contributed by atoms with van der Waals surface area (Å²) in [5.74, 6) is -0.0369. The van der Waals surface area contributed by atoms with Crippen molar-refractivity contribution in [3.05, 3.63) is 35.4 Å². The van der Waals surface area contributed by atoms with Crippen LogP contribution in [0.5, 0.6) is 0 Å². The van der Waals surface area contributed by atoms with E-state index in [1.54, 1.807) is 0 Å². The van der Waals surface area contributed by atoms with Crippen LogP contribution in [0.2, 0.25) is 0 Å². The number of esters is 1. The molecule has 2 rings (SSSR count). The van der Waals surface area contributed by atoms with E-state index >= 15 is 0 Å². The monoisotopic (exact) mass is 292 g/mol. The van der Waals surface area contributed by atoms with Crippen molar-refractivity contribution in [2.45, 2.75) is 46.0 Å². The Hall–Kier alpha value is -1.39. The summed E-state index contributed by atoms with van der Waals surface area (Å²) in [4.78, 5) is 11.4. The van der Waals surface area contributed by atoms with E-state index in [4.69, 9.17) is 14.2 Å². The topological polar surface area (TPSA) is 44.8 Å². The van der Waals surface area contributed by atoms with Crippen LogP contribution in [0.15, 0.2) is 24.3 Å². The minimum atomic E-state index is -0.249. The molecule has 2 unspecified atom stereocenters. The Balaban J connectivity index is 1.99. The third kappa shape index (κ3) is 4.83.